The topological polar surface area (TPSA) is 46.5 Å². The van der Waals surface area contributed by atoms with Gasteiger partial charge in [-0.05, 0) is 38.1 Å². The fraction of sp³-hybridized carbons (Fsp3) is 0.200. The van der Waals surface area contributed by atoms with Crippen LogP contribution in [0.2, 0.25) is 0 Å². The molecule has 18 heavy (non-hydrogen) atoms. The monoisotopic (exact) mass is 242 g/mol. The van der Waals surface area contributed by atoms with Crippen LogP contribution in [0.25, 0.3) is 11.0 Å². The van der Waals surface area contributed by atoms with Crippen LogP contribution in [0.5, 0.6) is 0 Å². The molecule has 1 aromatic carbocycles. The molecule has 3 aromatic rings. The number of aliphatic hydroxyl groups excluding tert-OH is 1. The van der Waals surface area contributed by atoms with E-state index >= 15 is 0 Å². The minimum absolute atomic E-state index is 0.542. The standard InChI is InChI=1S/C15H14O3/c1-9-3-4-13-11(7-9)8-14(18-13)15(16)12-5-6-17-10(12)2/h3-8,15-16H,1-2H3. The highest BCUT2D eigenvalue weighted by Gasteiger charge is 2.19. The average molecular weight is 242 g/mol. The first-order chi connectivity index (χ1) is 8.65. The Labute approximate surface area is 105 Å². The summed E-state index contributed by atoms with van der Waals surface area (Å²) in [5.74, 6) is 1.25. The summed E-state index contributed by atoms with van der Waals surface area (Å²) in [5.41, 5.74) is 2.70. The summed E-state index contributed by atoms with van der Waals surface area (Å²) in [7, 11) is 0. The van der Waals surface area contributed by atoms with Gasteiger partial charge < -0.3 is 13.9 Å². The Hall–Kier alpha value is -2.00. The van der Waals surface area contributed by atoms with Gasteiger partial charge in [-0.25, -0.2) is 0 Å². The van der Waals surface area contributed by atoms with Crippen LogP contribution >= 0.6 is 0 Å². The predicted molar refractivity (Wildman–Crippen MR) is 68.5 cm³/mol. The summed E-state index contributed by atoms with van der Waals surface area (Å²) >= 11 is 0. The molecule has 2 heterocycles. The van der Waals surface area contributed by atoms with Crippen LogP contribution in [0, 0.1) is 13.8 Å². The lowest BCUT2D eigenvalue weighted by atomic mass is 10.1. The Morgan fingerprint density at radius 1 is 1.11 bits per heavy atom. The van der Waals surface area contributed by atoms with Crippen LogP contribution in [-0.2, 0) is 0 Å². The molecule has 0 radical (unpaired) electrons. The van der Waals surface area contributed by atoms with Crippen LogP contribution in [0.15, 0.2) is 45.4 Å². The van der Waals surface area contributed by atoms with E-state index in [0.29, 0.717) is 11.5 Å². The number of rotatable bonds is 2. The van der Waals surface area contributed by atoms with Crippen LogP contribution in [-0.4, -0.2) is 5.11 Å². The van der Waals surface area contributed by atoms with Gasteiger partial charge in [-0.15, -0.1) is 0 Å². The molecule has 0 bridgehead atoms. The van der Waals surface area contributed by atoms with E-state index in [1.807, 2.05) is 38.1 Å². The van der Waals surface area contributed by atoms with E-state index in [1.54, 1.807) is 12.3 Å². The Morgan fingerprint density at radius 2 is 1.94 bits per heavy atom. The minimum Gasteiger partial charge on any atom is -0.469 e. The summed E-state index contributed by atoms with van der Waals surface area (Å²) < 4.78 is 10.9. The number of fused-ring (bicyclic) bond motifs is 1. The number of benzene rings is 1. The Bertz CT molecular complexity index is 691. The number of aliphatic hydroxyl groups is 1. The third kappa shape index (κ3) is 1.73. The van der Waals surface area contributed by atoms with Crippen molar-refractivity contribution in [3.8, 4) is 0 Å². The number of aryl methyl sites for hydroxylation is 2. The largest absolute Gasteiger partial charge is 0.469 e. The Kier molecular flexibility index (Phi) is 2.49. The third-order valence-electron chi connectivity index (χ3n) is 3.15. The molecule has 1 unspecified atom stereocenters. The van der Waals surface area contributed by atoms with Gasteiger partial charge in [-0.2, -0.15) is 0 Å². The first kappa shape index (κ1) is 11.1. The molecule has 3 heteroatoms. The maximum Gasteiger partial charge on any atom is 0.140 e. The highest BCUT2D eigenvalue weighted by molar-refractivity contribution is 5.78. The summed E-state index contributed by atoms with van der Waals surface area (Å²) in [4.78, 5) is 0. The predicted octanol–water partition coefficient (Wildman–Crippen LogP) is 3.72. The zero-order valence-electron chi connectivity index (χ0n) is 10.3. The first-order valence-corrected chi connectivity index (χ1v) is 5.87. The van der Waals surface area contributed by atoms with Crippen molar-refractivity contribution in [3.63, 3.8) is 0 Å². The highest BCUT2D eigenvalue weighted by atomic mass is 16.4. The molecule has 3 rings (SSSR count). The van der Waals surface area contributed by atoms with Crippen LogP contribution < -0.4 is 0 Å². The molecule has 0 aliphatic carbocycles. The average Bonchev–Trinajstić information content (AvgIpc) is 2.93. The molecular formula is C15H14O3. The molecule has 92 valence electrons. The second-order valence-electron chi connectivity index (χ2n) is 4.52. The second kappa shape index (κ2) is 4.03. The van der Waals surface area contributed by atoms with E-state index in [1.165, 1.54) is 5.56 Å². The minimum atomic E-state index is -0.781. The summed E-state index contributed by atoms with van der Waals surface area (Å²) in [6.07, 6.45) is 0.789. The van der Waals surface area contributed by atoms with Gasteiger partial charge in [0.1, 0.15) is 23.2 Å². The zero-order valence-corrected chi connectivity index (χ0v) is 10.3. The molecule has 0 aliphatic rings. The molecule has 0 saturated carbocycles. The van der Waals surface area contributed by atoms with Crippen molar-refractivity contribution >= 4 is 11.0 Å². The molecule has 0 saturated heterocycles. The Balaban J connectivity index is 2.07. The van der Waals surface area contributed by atoms with Crippen molar-refractivity contribution in [2.24, 2.45) is 0 Å². The van der Waals surface area contributed by atoms with Crippen LogP contribution in [0.4, 0.5) is 0 Å². The van der Waals surface area contributed by atoms with E-state index in [9.17, 15) is 5.11 Å². The highest BCUT2D eigenvalue weighted by Crippen LogP contribution is 2.30. The van der Waals surface area contributed by atoms with Crippen molar-refractivity contribution < 1.29 is 13.9 Å². The molecule has 3 nitrogen and oxygen atoms in total. The van der Waals surface area contributed by atoms with Crippen molar-refractivity contribution in [1.82, 2.24) is 0 Å². The van der Waals surface area contributed by atoms with Crippen molar-refractivity contribution in [2.45, 2.75) is 20.0 Å². The van der Waals surface area contributed by atoms with Crippen molar-refractivity contribution in [3.05, 3.63) is 59.2 Å². The first-order valence-electron chi connectivity index (χ1n) is 5.87. The van der Waals surface area contributed by atoms with E-state index in [4.69, 9.17) is 8.83 Å². The zero-order chi connectivity index (χ0) is 12.7. The van der Waals surface area contributed by atoms with E-state index in [0.717, 1.165) is 16.5 Å². The maximum absolute atomic E-state index is 10.3. The summed E-state index contributed by atoms with van der Waals surface area (Å²) in [6, 6.07) is 9.59. The van der Waals surface area contributed by atoms with E-state index in [-0.39, 0.29) is 0 Å². The van der Waals surface area contributed by atoms with Gasteiger partial charge in [0, 0.05) is 10.9 Å². The van der Waals surface area contributed by atoms with Crippen molar-refractivity contribution in [2.75, 3.05) is 0 Å². The smallest absolute Gasteiger partial charge is 0.140 e. The summed E-state index contributed by atoms with van der Waals surface area (Å²) in [6.45, 7) is 3.86. The van der Waals surface area contributed by atoms with Crippen LogP contribution in [0.1, 0.15) is 28.8 Å². The van der Waals surface area contributed by atoms with Gasteiger partial charge >= 0.3 is 0 Å². The SMILES string of the molecule is Cc1ccc2oc(C(O)c3ccoc3C)cc2c1. The van der Waals surface area contributed by atoms with Crippen LogP contribution in [0.3, 0.4) is 0 Å². The van der Waals surface area contributed by atoms with Crippen molar-refractivity contribution in [1.29, 1.82) is 0 Å². The van der Waals surface area contributed by atoms with E-state index < -0.39 is 6.10 Å². The molecule has 1 atom stereocenters. The fourth-order valence-electron chi connectivity index (χ4n) is 2.15. The molecule has 0 fully saturated rings. The van der Waals surface area contributed by atoms with E-state index in [2.05, 4.69) is 0 Å². The number of hydrogen-bond donors (Lipinski definition) is 1. The van der Waals surface area contributed by atoms with Gasteiger partial charge in [0.05, 0.1) is 6.26 Å². The third-order valence-corrected chi connectivity index (χ3v) is 3.15. The number of furan rings is 2. The van der Waals surface area contributed by atoms with Gasteiger partial charge in [0.15, 0.2) is 0 Å². The van der Waals surface area contributed by atoms with Gasteiger partial charge in [-0.3, -0.25) is 0 Å². The van der Waals surface area contributed by atoms with Gasteiger partial charge in [0.2, 0.25) is 0 Å². The molecule has 0 spiro atoms. The molecule has 2 aromatic heterocycles. The molecule has 0 amide bonds. The normalized spacial score (nSPS) is 13.1. The van der Waals surface area contributed by atoms with Gasteiger partial charge in [0.25, 0.3) is 0 Å². The fourth-order valence-corrected chi connectivity index (χ4v) is 2.15. The number of hydrogen-bond acceptors (Lipinski definition) is 3. The molecular weight excluding hydrogens is 228 g/mol. The maximum atomic E-state index is 10.3. The molecule has 1 N–H and O–H groups in total. The second-order valence-corrected chi connectivity index (χ2v) is 4.52. The quantitative estimate of drug-likeness (QED) is 0.744. The lowest BCUT2D eigenvalue weighted by Gasteiger charge is -2.05. The summed E-state index contributed by atoms with van der Waals surface area (Å²) in [5, 5.41) is 11.3. The molecule has 0 aliphatic heterocycles. The lowest BCUT2D eigenvalue weighted by molar-refractivity contribution is 0.190. The Morgan fingerprint density at radius 3 is 2.67 bits per heavy atom. The lowest BCUT2D eigenvalue weighted by Crippen LogP contribution is -1.97. The van der Waals surface area contributed by atoms with Gasteiger partial charge in [-0.1, -0.05) is 11.6 Å².